The predicted molar refractivity (Wildman–Crippen MR) is 68.3 cm³/mol. The van der Waals surface area contributed by atoms with Crippen LogP contribution in [-0.2, 0) is 13.1 Å². The van der Waals surface area contributed by atoms with Gasteiger partial charge in [-0.3, -0.25) is 0 Å². The molecular formula is C14H11ClF3N. The topological polar surface area (TPSA) is 12.0 Å². The van der Waals surface area contributed by atoms with Gasteiger partial charge in [0.05, 0.1) is 0 Å². The van der Waals surface area contributed by atoms with Crippen LogP contribution < -0.4 is 5.32 Å². The Kier molecular flexibility index (Phi) is 4.45. The molecule has 0 saturated heterocycles. The Morgan fingerprint density at radius 3 is 2.00 bits per heavy atom. The molecule has 1 nitrogen and oxygen atoms in total. The second-order valence-corrected chi connectivity index (χ2v) is 4.51. The number of hydrogen-bond donors (Lipinski definition) is 1. The summed E-state index contributed by atoms with van der Waals surface area (Å²) in [6.45, 7) is 0.425. The normalized spacial score (nSPS) is 10.7. The highest BCUT2D eigenvalue weighted by molar-refractivity contribution is 6.30. The van der Waals surface area contributed by atoms with Gasteiger partial charge in [-0.25, -0.2) is 13.2 Å². The monoisotopic (exact) mass is 285 g/mol. The van der Waals surface area contributed by atoms with Crippen molar-refractivity contribution in [2.75, 3.05) is 0 Å². The summed E-state index contributed by atoms with van der Waals surface area (Å²) < 4.78 is 39.5. The Labute approximate surface area is 114 Å². The molecule has 2 rings (SSSR count). The molecule has 0 spiro atoms. The van der Waals surface area contributed by atoms with E-state index in [0.717, 1.165) is 6.07 Å². The lowest BCUT2D eigenvalue weighted by Gasteiger charge is -2.07. The fraction of sp³-hybridized carbons (Fsp3) is 0.143. The zero-order valence-corrected chi connectivity index (χ0v) is 10.6. The Morgan fingerprint density at radius 2 is 1.42 bits per heavy atom. The molecule has 0 saturated carbocycles. The molecule has 2 aromatic rings. The fourth-order valence-electron chi connectivity index (χ4n) is 1.66. The lowest BCUT2D eigenvalue weighted by molar-refractivity contribution is 0.553. The molecule has 0 unspecified atom stereocenters. The Balaban J connectivity index is 1.96. The van der Waals surface area contributed by atoms with Crippen molar-refractivity contribution in [1.82, 2.24) is 5.32 Å². The van der Waals surface area contributed by atoms with Crippen molar-refractivity contribution < 1.29 is 13.2 Å². The first-order valence-corrected chi connectivity index (χ1v) is 6.02. The molecule has 0 aliphatic rings. The van der Waals surface area contributed by atoms with Crippen LogP contribution in [0.3, 0.4) is 0 Å². The van der Waals surface area contributed by atoms with Gasteiger partial charge in [-0.05, 0) is 18.2 Å². The number of rotatable bonds is 4. The minimum atomic E-state index is -0.621. The molecule has 1 N–H and O–H groups in total. The van der Waals surface area contributed by atoms with E-state index in [1.807, 2.05) is 0 Å². The first-order valence-electron chi connectivity index (χ1n) is 5.65. The van der Waals surface area contributed by atoms with Crippen LogP contribution in [0.2, 0.25) is 5.02 Å². The van der Waals surface area contributed by atoms with E-state index in [1.54, 1.807) is 12.1 Å². The summed E-state index contributed by atoms with van der Waals surface area (Å²) in [5, 5.41) is 3.22. The average molecular weight is 286 g/mol. The molecule has 0 fully saturated rings. The third-order valence-electron chi connectivity index (χ3n) is 2.66. The number of hydrogen-bond acceptors (Lipinski definition) is 1. The van der Waals surface area contributed by atoms with Crippen LogP contribution in [0, 0.1) is 17.5 Å². The van der Waals surface area contributed by atoms with E-state index >= 15 is 0 Å². The molecule has 0 radical (unpaired) electrons. The summed E-state index contributed by atoms with van der Waals surface area (Å²) in [4.78, 5) is 0. The van der Waals surface area contributed by atoms with Crippen molar-refractivity contribution in [1.29, 1.82) is 0 Å². The number of nitrogens with one attached hydrogen (secondary N) is 1. The van der Waals surface area contributed by atoms with Gasteiger partial charge in [0.1, 0.15) is 17.5 Å². The SMILES string of the molecule is Fc1ccc(CNCc2ccc(Cl)cc2F)c(F)c1. The molecule has 5 heteroatoms. The smallest absolute Gasteiger partial charge is 0.130 e. The van der Waals surface area contributed by atoms with E-state index < -0.39 is 17.5 Å². The van der Waals surface area contributed by atoms with Crippen LogP contribution in [0.4, 0.5) is 13.2 Å². The van der Waals surface area contributed by atoms with Crippen molar-refractivity contribution in [3.8, 4) is 0 Å². The number of halogens is 4. The minimum absolute atomic E-state index is 0.189. The largest absolute Gasteiger partial charge is 0.308 e. The van der Waals surface area contributed by atoms with Crippen molar-refractivity contribution >= 4 is 11.6 Å². The highest BCUT2D eigenvalue weighted by atomic mass is 35.5. The molecule has 0 bridgehead atoms. The summed E-state index contributed by atoms with van der Waals surface area (Å²) in [7, 11) is 0. The van der Waals surface area contributed by atoms with Crippen molar-refractivity contribution in [2.45, 2.75) is 13.1 Å². The lowest BCUT2D eigenvalue weighted by atomic mass is 10.2. The number of benzene rings is 2. The van der Waals surface area contributed by atoms with E-state index in [4.69, 9.17) is 11.6 Å². The molecule has 0 aliphatic carbocycles. The maximum Gasteiger partial charge on any atom is 0.130 e. The predicted octanol–water partition coefficient (Wildman–Crippen LogP) is 4.05. The molecule has 0 aromatic heterocycles. The minimum Gasteiger partial charge on any atom is -0.308 e. The summed E-state index contributed by atoms with van der Waals surface area (Å²) in [5.74, 6) is -1.66. The first kappa shape index (κ1) is 13.9. The van der Waals surface area contributed by atoms with E-state index in [2.05, 4.69) is 5.32 Å². The van der Waals surface area contributed by atoms with Crippen LogP contribution in [0.5, 0.6) is 0 Å². The molecule has 0 amide bonds. The molecule has 0 atom stereocenters. The van der Waals surface area contributed by atoms with Gasteiger partial charge in [-0.2, -0.15) is 0 Å². The van der Waals surface area contributed by atoms with Crippen LogP contribution in [0.25, 0.3) is 0 Å². The van der Waals surface area contributed by atoms with Gasteiger partial charge in [0.15, 0.2) is 0 Å². The highest BCUT2D eigenvalue weighted by Gasteiger charge is 2.05. The van der Waals surface area contributed by atoms with E-state index in [-0.39, 0.29) is 13.1 Å². The fourth-order valence-corrected chi connectivity index (χ4v) is 1.82. The molecule has 0 aliphatic heterocycles. The Bertz CT molecular complexity index is 535. The van der Waals surface area contributed by atoms with Crippen LogP contribution in [0.1, 0.15) is 11.1 Å². The first-order chi connectivity index (χ1) is 9.06. The average Bonchev–Trinajstić information content (AvgIpc) is 2.34. The summed E-state index contributed by atoms with van der Waals surface area (Å²) in [6, 6.07) is 7.72. The lowest BCUT2D eigenvalue weighted by Crippen LogP contribution is -2.14. The van der Waals surface area contributed by atoms with E-state index in [0.29, 0.717) is 16.1 Å². The third kappa shape index (κ3) is 3.72. The zero-order valence-electron chi connectivity index (χ0n) is 9.89. The highest BCUT2D eigenvalue weighted by Crippen LogP contribution is 2.15. The van der Waals surface area contributed by atoms with Gasteiger partial charge in [0.25, 0.3) is 0 Å². The quantitative estimate of drug-likeness (QED) is 0.894. The summed E-state index contributed by atoms with van der Waals surface area (Å²) in [5.41, 5.74) is 0.766. The van der Waals surface area contributed by atoms with Gasteiger partial charge >= 0.3 is 0 Å². The van der Waals surface area contributed by atoms with Gasteiger partial charge < -0.3 is 5.32 Å². The molecule has 2 aromatic carbocycles. The molecule has 0 heterocycles. The Hall–Kier alpha value is -1.52. The maximum atomic E-state index is 13.5. The van der Waals surface area contributed by atoms with Crippen LogP contribution >= 0.6 is 11.6 Å². The molecule has 100 valence electrons. The summed E-state index contributed by atoms with van der Waals surface area (Å²) in [6.07, 6.45) is 0. The zero-order chi connectivity index (χ0) is 13.8. The van der Waals surface area contributed by atoms with E-state index in [1.165, 1.54) is 18.2 Å². The van der Waals surface area contributed by atoms with Crippen LogP contribution in [0.15, 0.2) is 36.4 Å². The third-order valence-corrected chi connectivity index (χ3v) is 2.90. The standard InChI is InChI=1S/C14H11ClF3N/c15-11-3-1-9(13(17)5-11)7-19-8-10-2-4-12(16)6-14(10)18/h1-6,19H,7-8H2. The Morgan fingerprint density at radius 1 is 0.842 bits per heavy atom. The van der Waals surface area contributed by atoms with Gasteiger partial charge in [0.2, 0.25) is 0 Å². The second-order valence-electron chi connectivity index (χ2n) is 4.08. The van der Waals surface area contributed by atoms with Gasteiger partial charge in [-0.1, -0.05) is 23.7 Å². The van der Waals surface area contributed by atoms with Crippen LogP contribution in [-0.4, -0.2) is 0 Å². The maximum absolute atomic E-state index is 13.5. The van der Waals surface area contributed by atoms with Gasteiger partial charge in [0, 0.05) is 35.3 Å². The van der Waals surface area contributed by atoms with Crippen molar-refractivity contribution in [3.05, 3.63) is 70.0 Å². The summed E-state index contributed by atoms with van der Waals surface area (Å²) >= 11 is 5.64. The van der Waals surface area contributed by atoms with Gasteiger partial charge in [-0.15, -0.1) is 0 Å². The van der Waals surface area contributed by atoms with E-state index in [9.17, 15) is 13.2 Å². The second kappa shape index (κ2) is 6.08. The van der Waals surface area contributed by atoms with Crippen molar-refractivity contribution in [2.24, 2.45) is 0 Å². The molecular weight excluding hydrogens is 275 g/mol. The molecule has 19 heavy (non-hydrogen) atoms. The van der Waals surface area contributed by atoms with Crippen molar-refractivity contribution in [3.63, 3.8) is 0 Å².